The highest BCUT2D eigenvalue weighted by Gasteiger charge is 2.51. The SMILES string of the molecule is CNC1(C2CCN(C(=O)OC(C)(C)C)CC2C)CC1. The van der Waals surface area contributed by atoms with Gasteiger partial charge in [0.05, 0.1) is 0 Å². The zero-order valence-corrected chi connectivity index (χ0v) is 13.0. The van der Waals surface area contributed by atoms with Gasteiger partial charge >= 0.3 is 6.09 Å². The molecule has 1 saturated heterocycles. The molecule has 0 aromatic heterocycles. The van der Waals surface area contributed by atoms with Gasteiger partial charge in [-0.25, -0.2) is 4.79 Å². The lowest BCUT2D eigenvalue weighted by Gasteiger charge is -2.41. The van der Waals surface area contributed by atoms with Crippen LogP contribution in [0.5, 0.6) is 0 Å². The molecule has 110 valence electrons. The van der Waals surface area contributed by atoms with Crippen molar-refractivity contribution >= 4 is 6.09 Å². The summed E-state index contributed by atoms with van der Waals surface area (Å²) in [5, 5.41) is 3.50. The second-order valence-corrected chi connectivity index (χ2v) is 7.20. The zero-order chi connectivity index (χ0) is 14.3. The van der Waals surface area contributed by atoms with E-state index < -0.39 is 5.60 Å². The van der Waals surface area contributed by atoms with Crippen LogP contribution in [0.25, 0.3) is 0 Å². The zero-order valence-electron chi connectivity index (χ0n) is 13.0. The van der Waals surface area contributed by atoms with Crippen molar-refractivity contribution in [2.75, 3.05) is 20.1 Å². The molecular weight excluding hydrogens is 240 g/mol. The van der Waals surface area contributed by atoms with Crippen LogP contribution in [0.1, 0.15) is 47.0 Å². The van der Waals surface area contributed by atoms with Crippen LogP contribution in [0.3, 0.4) is 0 Å². The van der Waals surface area contributed by atoms with Crippen molar-refractivity contribution in [1.29, 1.82) is 0 Å². The third kappa shape index (κ3) is 3.22. The summed E-state index contributed by atoms with van der Waals surface area (Å²) in [7, 11) is 2.07. The maximum Gasteiger partial charge on any atom is 0.410 e. The highest BCUT2D eigenvalue weighted by atomic mass is 16.6. The summed E-state index contributed by atoms with van der Waals surface area (Å²) in [6, 6.07) is 0. The first-order valence-electron chi connectivity index (χ1n) is 7.44. The van der Waals surface area contributed by atoms with Gasteiger partial charge in [-0.1, -0.05) is 6.92 Å². The van der Waals surface area contributed by atoms with Crippen LogP contribution in [0.2, 0.25) is 0 Å². The number of carbonyl (C=O) groups excluding carboxylic acids is 1. The Kier molecular flexibility index (Phi) is 3.83. The minimum atomic E-state index is -0.403. The van der Waals surface area contributed by atoms with Gasteiger partial charge in [0.25, 0.3) is 0 Å². The van der Waals surface area contributed by atoms with E-state index in [0.29, 0.717) is 17.4 Å². The normalized spacial score (nSPS) is 30.1. The van der Waals surface area contributed by atoms with Gasteiger partial charge in [0.15, 0.2) is 0 Å². The molecule has 4 nitrogen and oxygen atoms in total. The molecule has 2 aliphatic rings. The van der Waals surface area contributed by atoms with Crippen LogP contribution < -0.4 is 5.32 Å². The second kappa shape index (κ2) is 4.97. The first-order chi connectivity index (χ1) is 8.77. The Bertz CT molecular complexity index is 345. The molecular formula is C15H28N2O2. The van der Waals surface area contributed by atoms with E-state index in [4.69, 9.17) is 4.74 Å². The number of piperidine rings is 1. The molecule has 0 aromatic carbocycles. The van der Waals surface area contributed by atoms with E-state index in [1.807, 2.05) is 25.7 Å². The van der Waals surface area contributed by atoms with Crippen molar-refractivity contribution < 1.29 is 9.53 Å². The fourth-order valence-corrected chi connectivity index (χ4v) is 3.40. The number of ether oxygens (including phenoxy) is 1. The summed E-state index contributed by atoms with van der Waals surface area (Å²) in [5.74, 6) is 1.23. The molecule has 4 heteroatoms. The third-order valence-corrected chi connectivity index (χ3v) is 4.55. The molecule has 1 amide bonds. The van der Waals surface area contributed by atoms with Crippen molar-refractivity contribution in [3.63, 3.8) is 0 Å². The van der Waals surface area contributed by atoms with Crippen LogP contribution in [-0.4, -0.2) is 42.3 Å². The van der Waals surface area contributed by atoms with Gasteiger partial charge in [-0.05, 0) is 58.9 Å². The van der Waals surface area contributed by atoms with Gasteiger partial charge in [0.2, 0.25) is 0 Å². The highest BCUT2D eigenvalue weighted by Crippen LogP contribution is 2.48. The molecule has 0 spiro atoms. The van der Waals surface area contributed by atoms with Gasteiger partial charge in [0.1, 0.15) is 5.60 Å². The van der Waals surface area contributed by atoms with Gasteiger partial charge in [-0.15, -0.1) is 0 Å². The van der Waals surface area contributed by atoms with E-state index in [-0.39, 0.29) is 6.09 Å². The Morgan fingerprint density at radius 1 is 1.37 bits per heavy atom. The van der Waals surface area contributed by atoms with Gasteiger partial charge in [-0.3, -0.25) is 0 Å². The minimum Gasteiger partial charge on any atom is -0.444 e. The maximum atomic E-state index is 12.1. The number of likely N-dealkylation sites (tertiary alicyclic amines) is 1. The fraction of sp³-hybridized carbons (Fsp3) is 0.933. The molecule has 1 saturated carbocycles. The van der Waals surface area contributed by atoms with Crippen LogP contribution in [0, 0.1) is 11.8 Å². The Morgan fingerprint density at radius 3 is 2.42 bits per heavy atom. The van der Waals surface area contributed by atoms with Gasteiger partial charge < -0.3 is 15.0 Å². The van der Waals surface area contributed by atoms with E-state index >= 15 is 0 Å². The topological polar surface area (TPSA) is 41.6 Å². The molecule has 0 bridgehead atoms. The first-order valence-corrected chi connectivity index (χ1v) is 7.44. The number of carbonyl (C=O) groups is 1. The summed E-state index contributed by atoms with van der Waals surface area (Å²) >= 11 is 0. The summed E-state index contributed by atoms with van der Waals surface area (Å²) in [6.07, 6.45) is 3.49. The summed E-state index contributed by atoms with van der Waals surface area (Å²) < 4.78 is 5.46. The summed E-state index contributed by atoms with van der Waals surface area (Å²) in [5.41, 5.74) is -0.0424. The van der Waals surface area contributed by atoms with E-state index in [0.717, 1.165) is 19.5 Å². The molecule has 2 fully saturated rings. The molecule has 1 aliphatic heterocycles. The van der Waals surface area contributed by atoms with E-state index in [1.165, 1.54) is 12.8 Å². The highest BCUT2D eigenvalue weighted by molar-refractivity contribution is 5.68. The number of amides is 1. The molecule has 1 aliphatic carbocycles. The van der Waals surface area contributed by atoms with Gasteiger partial charge in [0, 0.05) is 18.6 Å². The average Bonchev–Trinajstić information content (AvgIpc) is 3.07. The monoisotopic (exact) mass is 268 g/mol. The van der Waals surface area contributed by atoms with Crippen molar-refractivity contribution in [3.05, 3.63) is 0 Å². The average molecular weight is 268 g/mol. The third-order valence-electron chi connectivity index (χ3n) is 4.55. The lowest BCUT2D eigenvalue weighted by atomic mass is 9.79. The minimum absolute atomic E-state index is 0.160. The first kappa shape index (κ1) is 14.6. The van der Waals surface area contributed by atoms with Crippen molar-refractivity contribution in [2.45, 2.75) is 58.1 Å². The number of nitrogens with zero attached hydrogens (tertiary/aromatic N) is 1. The predicted octanol–water partition coefficient (Wildman–Crippen LogP) is 2.63. The van der Waals surface area contributed by atoms with Crippen LogP contribution >= 0.6 is 0 Å². The Morgan fingerprint density at radius 2 is 2.00 bits per heavy atom. The predicted molar refractivity (Wildman–Crippen MR) is 76.1 cm³/mol. The van der Waals surface area contributed by atoms with Crippen LogP contribution in [0.4, 0.5) is 4.79 Å². The Labute approximate surface area is 116 Å². The summed E-state index contributed by atoms with van der Waals surface area (Å²) in [4.78, 5) is 14.0. The van der Waals surface area contributed by atoms with E-state index in [2.05, 4.69) is 19.3 Å². The molecule has 2 rings (SSSR count). The quantitative estimate of drug-likeness (QED) is 0.837. The maximum absolute atomic E-state index is 12.1. The Hall–Kier alpha value is -0.770. The molecule has 19 heavy (non-hydrogen) atoms. The van der Waals surface area contributed by atoms with Crippen molar-refractivity contribution in [1.82, 2.24) is 10.2 Å². The number of hydrogen-bond acceptors (Lipinski definition) is 3. The smallest absolute Gasteiger partial charge is 0.410 e. The summed E-state index contributed by atoms with van der Waals surface area (Å²) in [6.45, 7) is 9.67. The number of hydrogen-bond donors (Lipinski definition) is 1. The lowest BCUT2D eigenvalue weighted by molar-refractivity contribution is 0.00792. The van der Waals surface area contributed by atoms with Crippen molar-refractivity contribution in [3.8, 4) is 0 Å². The largest absolute Gasteiger partial charge is 0.444 e. The van der Waals surface area contributed by atoms with E-state index in [9.17, 15) is 4.79 Å². The number of nitrogens with one attached hydrogen (secondary N) is 1. The standard InChI is InChI=1S/C15H28N2O2/c1-11-10-17(13(18)19-14(2,3)4)9-6-12(11)15(16-5)7-8-15/h11-12,16H,6-10H2,1-5H3. The lowest BCUT2D eigenvalue weighted by Crippen LogP contribution is -2.50. The van der Waals surface area contributed by atoms with Crippen molar-refractivity contribution in [2.24, 2.45) is 11.8 Å². The molecule has 0 radical (unpaired) electrons. The fourth-order valence-electron chi connectivity index (χ4n) is 3.40. The molecule has 2 atom stereocenters. The molecule has 0 aromatic rings. The number of rotatable bonds is 2. The van der Waals surface area contributed by atoms with Crippen LogP contribution in [-0.2, 0) is 4.74 Å². The molecule has 1 heterocycles. The molecule has 2 unspecified atom stereocenters. The molecule has 1 N–H and O–H groups in total. The van der Waals surface area contributed by atoms with Gasteiger partial charge in [-0.2, -0.15) is 0 Å². The van der Waals surface area contributed by atoms with Crippen LogP contribution in [0.15, 0.2) is 0 Å². The second-order valence-electron chi connectivity index (χ2n) is 7.20. The Balaban J connectivity index is 1.91. The van der Waals surface area contributed by atoms with E-state index in [1.54, 1.807) is 0 Å².